The molecule has 10 heavy (non-hydrogen) atoms. The summed E-state index contributed by atoms with van der Waals surface area (Å²) in [5.41, 5.74) is 0. The van der Waals surface area contributed by atoms with E-state index in [-0.39, 0.29) is 11.3 Å². The second-order valence-electron chi connectivity index (χ2n) is 1.73. The zero-order valence-corrected chi connectivity index (χ0v) is 5.89. The van der Waals surface area contributed by atoms with Crippen molar-refractivity contribution < 1.29 is 9.90 Å². The molecule has 0 atom stereocenters. The second-order valence-corrected chi connectivity index (χ2v) is 2.62. The maximum Gasteiger partial charge on any atom is 0.323 e. The van der Waals surface area contributed by atoms with Gasteiger partial charge >= 0.3 is 5.97 Å². The monoisotopic (exact) mass is 158 g/mol. The molecular weight excluding hydrogens is 152 g/mol. The fraction of sp³-hybridized carbons (Fsp3) is 0.200. The Morgan fingerprint density at radius 2 is 2.60 bits per heavy atom. The van der Waals surface area contributed by atoms with Gasteiger partial charge < -0.3 is 9.67 Å². The van der Waals surface area contributed by atoms with Crippen molar-refractivity contribution in [2.24, 2.45) is 0 Å². The summed E-state index contributed by atoms with van der Waals surface area (Å²) in [4.78, 5) is 10.4. The molecule has 0 aromatic carbocycles. The summed E-state index contributed by atoms with van der Waals surface area (Å²) in [7, 11) is 0. The van der Waals surface area contributed by atoms with Gasteiger partial charge in [0.05, 0.1) is 0 Å². The van der Waals surface area contributed by atoms with E-state index in [1.54, 1.807) is 11.6 Å². The quantitative estimate of drug-likeness (QED) is 0.641. The first-order valence-electron chi connectivity index (χ1n) is 2.60. The van der Waals surface area contributed by atoms with Gasteiger partial charge in [0.15, 0.2) is 4.80 Å². The van der Waals surface area contributed by atoms with Gasteiger partial charge in [-0.15, -0.1) is 11.3 Å². The van der Waals surface area contributed by atoms with Crippen molar-refractivity contribution in [3.05, 3.63) is 16.4 Å². The molecule has 1 aromatic rings. The van der Waals surface area contributed by atoms with Gasteiger partial charge in [-0.3, -0.25) is 10.2 Å². The second kappa shape index (κ2) is 2.66. The normalized spacial score (nSPS) is 9.60. The van der Waals surface area contributed by atoms with Crippen LogP contribution in [0.4, 0.5) is 0 Å². The van der Waals surface area contributed by atoms with Crippen LogP contribution in [0.25, 0.3) is 0 Å². The van der Waals surface area contributed by atoms with Crippen LogP contribution in [0.15, 0.2) is 11.6 Å². The third kappa shape index (κ3) is 1.44. The van der Waals surface area contributed by atoms with Crippen molar-refractivity contribution in [2.45, 2.75) is 6.54 Å². The molecule has 0 aliphatic rings. The number of hydrogen-bond donors (Lipinski definition) is 2. The number of rotatable bonds is 2. The fourth-order valence-electron chi connectivity index (χ4n) is 0.574. The van der Waals surface area contributed by atoms with E-state index in [0.29, 0.717) is 0 Å². The van der Waals surface area contributed by atoms with Crippen LogP contribution in [-0.4, -0.2) is 15.6 Å². The lowest BCUT2D eigenvalue weighted by molar-refractivity contribution is -0.137. The molecule has 1 aromatic heterocycles. The topological polar surface area (TPSA) is 66.1 Å². The van der Waals surface area contributed by atoms with Crippen LogP contribution in [0.3, 0.4) is 0 Å². The predicted octanol–water partition coefficient (Wildman–Crippen LogP) is 0.114. The number of thiazole rings is 1. The van der Waals surface area contributed by atoms with Crippen molar-refractivity contribution in [3.63, 3.8) is 0 Å². The highest BCUT2D eigenvalue weighted by molar-refractivity contribution is 7.06. The van der Waals surface area contributed by atoms with Crippen LogP contribution < -0.4 is 4.80 Å². The summed E-state index contributed by atoms with van der Waals surface area (Å²) in [6.07, 6.45) is 1.58. The van der Waals surface area contributed by atoms with E-state index < -0.39 is 5.97 Å². The Bertz CT molecular complexity index is 288. The number of nitrogens with zero attached hydrogens (tertiary/aromatic N) is 1. The van der Waals surface area contributed by atoms with Crippen LogP contribution in [0.2, 0.25) is 0 Å². The largest absolute Gasteiger partial charge is 0.480 e. The molecule has 0 radical (unpaired) electrons. The van der Waals surface area contributed by atoms with Gasteiger partial charge in [-0.25, -0.2) is 0 Å². The zero-order valence-electron chi connectivity index (χ0n) is 5.07. The number of carbonyl (C=O) groups is 1. The number of aliphatic carboxylic acids is 1. The highest BCUT2D eigenvalue weighted by atomic mass is 32.1. The van der Waals surface area contributed by atoms with Gasteiger partial charge in [-0.05, 0) is 0 Å². The van der Waals surface area contributed by atoms with E-state index in [9.17, 15) is 4.79 Å². The lowest BCUT2D eigenvalue weighted by Crippen LogP contribution is -2.17. The molecule has 0 saturated heterocycles. The molecule has 54 valence electrons. The molecule has 2 N–H and O–H groups in total. The van der Waals surface area contributed by atoms with Crippen LogP contribution >= 0.6 is 11.3 Å². The SMILES string of the molecule is N=c1sccn1CC(=O)O. The number of hydrogen-bond acceptors (Lipinski definition) is 3. The molecule has 0 aliphatic heterocycles. The summed E-state index contributed by atoms with van der Waals surface area (Å²) >= 11 is 1.21. The average Bonchev–Trinajstić information content (AvgIpc) is 2.15. The summed E-state index contributed by atoms with van der Waals surface area (Å²) < 4.78 is 1.37. The van der Waals surface area contributed by atoms with Crippen molar-refractivity contribution in [2.75, 3.05) is 0 Å². The van der Waals surface area contributed by atoms with Crippen LogP contribution in [0.1, 0.15) is 0 Å². The van der Waals surface area contributed by atoms with Crippen molar-refractivity contribution in [1.29, 1.82) is 5.41 Å². The first kappa shape index (κ1) is 7.01. The van der Waals surface area contributed by atoms with Crippen LogP contribution in [-0.2, 0) is 11.3 Å². The molecule has 0 aliphatic carbocycles. The minimum absolute atomic E-state index is 0.123. The van der Waals surface area contributed by atoms with Gasteiger partial charge in [0, 0.05) is 11.6 Å². The number of carboxylic acid groups (broad SMARTS) is 1. The fourth-order valence-corrected chi connectivity index (χ4v) is 1.17. The van der Waals surface area contributed by atoms with E-state index >= 15 is 0 Å². The first-order valence-corrected chi connectivity index (χ1v) is 3.48. The molecule has 0 saturated carbocycles. The molecule has 0 spiro atoms. The van der Waals surface area contributed by atoms with Crippen molar-refractivity contribution >= 4 is 17.3 Å². The summed E-state index contributed by atoms with van der Waals surface area (Å²) in [5, 5.41) is 17.2. The third-order valence-corrected chi connectivity index (χ3v) is 1.70. The molecule has 5 heteroatoms. The molecule has 0 fully saturated rings. The minimum Gasteiger partial charge on any atom is -0.480 e. The van der Waals surface area contributed by atoms with Crippen LogP contribution in [0, 0.1) is 5.41 Å². The summed E-state index contributed by atoms with van der Waals surface area (Å²) in [5.74, 6) is -0.920. The Balaban J connectivity index is 2.85. The lowest BCUT2D eigenvalue weighted by Gasteiger charge is -1.93. The standard InChI is InChI=1S/C5H6N2O2S/c6-5-7(1-2-10-5)3-4(8)9/h1-2,6H,3H2,(H,8,9). The Morgan fingerprint density at radius 1 is 1.90 bits per heavy atom. The van der Waals surface area contributed by atoms with E-state index in [1.165, 1.54) is 15.9 Å². The van der Waals surface area contributed by atoms with E-state index in [1.807, 2.05) is 0 Å². The molecule has 1 heterocycles. The highest BCUT2D eigenvalue weighted by Crippen LogP contribution is 1.87. The molecule has 4 nitrogen and oxygen atoms in total. The van der Waals surface area contributed by atoms with Gasteiger partial charge in [-0.2, -0.15) is 0 Å². The molecule has 0 amide bonds. The zero-order chi connectivity index (χ0) is 7.56. The summed E-state index contributed by atoms with van der Waals surface area (Å²) in [6, 6.07) is 0. The third-order valence-electron chi connectivity index (χ3n) is 0.987. The Morgan fingerprint density at radius 3 is 3.00 bits per heavy atom. The van der Waals surface area contributed by atoms with Gasteiger partial charge in [-0.1, -0.05) is 0 Å². The molecule has 0 bridgehead atoms. The van der Waals surface area contributed by atoms with Crippen LogP contribution in [0.5, 0.6) is 0 Å². The van der Waals surface area contributed by atoms with E-state index in [0.717, 1.165) is 0 Å². The Labute approximate surface area is 60.9 Å². The molecular formula is C5H6N2O2S. The van der Waals surface area contributed by atoms with Crippen molar-refractivity contribution in [3.8, 4) is 0 Å². The number of carboxylic acids is 1. The van der Waals surface area contributed by atoms with Gasteiger partial charge in [0.25, 0.3) is 0 Å². The smallest absolute Gasteiger partial charge is 0.323 e. The number of nitrogens with one attached hydrogen (secondary N) is 1. The molecule has 1 rings (SSSR count). The Hall–Kier alpha value is -1.10. The molecule has 0 unspecified atom stereocenters. The average molecular weight is 158 g/mol. The first-order chi connectivity index (χ1) is 4.70. The van der Waals surface area contributed by atoms with Crippen molar-refractivity contribution in [1.82, 2.24) is 4.57 Å². The maximum atomic E-state index is 10.1. The number of aromatic nitrogens is 1. The lowest BCUT2D eigenvalue weighted by atomic mass is 10.6. The van der Waals surface area contributed by atoms with E-state index in [4.69, 9.17) is 10.5 Å². The van der Waals surface area contributed by atoms with Gasteiger partial charge in [0.2, 0.25) is 0 Å². The Kier molecular flexibility index (Phi) is 1.86. The highest BCUT2D eigenvalue weighted by Gasteiger charge is 1.98. The van der Waals surface area contributed by atoms with E-state index in [2.05, 4.69) is 0 Å². The van der Waals surface area contributed by atoms with Gasteiger partial charge in [0.1, 0.15) is 6.54 Å². The maximum absolute atomic E-state index is 10.1. The predicted molar refractivity (Wildman–Crippen MR) is 35.8 cm³/mol. The minimum atomic E-state index is -0.920. The summed E-state index contributed by atoms with van der Waals surface area (Å²) in [6.45, 7) is -0.123.